The van der Waals surface area contributed by atoms with Gasteiger partial charge in [-0.1, -0.05) is 6.42 Å². The number of fused-ring (bicyclic) bond motifs is 8. The molecule has 0 radical (unpaired) electrons. The van der Waals surface area contributed by atoms with Gasteiger partial charge in [0.05, 0.1) is 49.1 Å². The minimum atomic E-state index is -0.370. The highest BCUT2D eigenvalue weighted by molar-refractivity contribution is 7.35. The summed E-state index contributed by atoms with van der Waals surface area (Å²) in [6.45, 7) is 14.4. The van der Waals surface area contributed by atoms with Crippen LogP contribution in [0.15, 0.2) is 23.5 Å². The van der Waals surface area contributed by atoms with Gasteiger partial charge in [0.25, 0.3) is 11.4 Å². The zero-order chi connectivity index (χ0) is 24.2. The van der Waals surface area contributed by atoms with Gasteiger partial charge in [-0.05, 0) is 50.0 Å². The minimum absolute atomic E-state index is 0.0841. The summed E-state index contributed by atoms with van der Waals surface area (Å²) in [6.07, 6.45) is 8.68. The lowest BCUT2D eigenvalue weighted by molar-refractivity contribution is 0.0282. The van der Waals surface area contributed by atoms with Crippen molar-refractivity contribution in [3.05, 3.63) is 61.7 Å². The predicted octanol–water partition coefficient (Wildman–Crippen LogP) is 9.03. The van der Waals surface area contributed by atoms with Crippen LogP contribution in [-0.4, -0.2) is 0 Å². The first-order chi connectivity index (χ1) is 17.1. The lowest BCUT2D eigenvalue weighted by Crippen LogP contribution is -2.37. The monoisotopic (exact) mass is 526 g/mol. The van der Waals surface area contributed by atoms with Gasteiger partial charge in [0.2, 0.25) is 0 Å². The van der Waals surface area contributed by atoms with Crippen LogP contribution < -0.4 is 4.74 Å². The average Bonchev–Trinajstić information content (AvgIpc) is 3.61. The Morgan fingerprint density at radius 2 is 1.43 bits per heavy atom. The maximum absolute atomic E-state index is 9.18. The third kappa shape index (κ3) is 3.41. The number of nitriles is 2. The van der Waals surface area contributed by atoms with Gasteiger partial charge >= 0.3 is 0 Å². The van der Waals surface area contributed by atoms with Crippen molar-refractivity contribution in [2.24, 2.45) is 0 Å². The Morgan fingerprint density at radius 1 is 0.857 bits per heavy atom. The average molecular weight is 527 g/mol. The molecule has 1 spiro atoms. The van der Waals surface area contributed by atoms with E-state index in [1.54, 1.807) is 57.5 Å². The molecule has 0 N–H and O–H groups in total. The van der Waals surface area contributed by atoms with Crippen molar-refractivity contribution in [1.82, 2.24) is 0 Å². The fourth-order valence-corrected chi connectivity index (χ4v) is 10.3. The van der Waals surface area contributed by atoms with Gasteiger partial charge < -0.3 is 4.74 Å². The normalized spacial score (nSPS) is 16.7. The van der Waals surface area contributed by atoms with Gasteiger partial charge in [0.1, 0.15) is 5.60 Å². The molecule has 0 bridgehead atoms. The van der Waals surface area contributed by atoms with E-state index < -0.39 is 0 Å². The first-order valence-electron chi connectivity index (χ1n) is 10.9. The quantitative estimate of drug-likeness (QED) is 0.193. The number of ether oxygens (including phenoxy) is 1. The maximum atomic E-state index is 9.18. The van der Waals surface area contributed by atoms with Crippen molar-refractivity contribution in [3.63, 3.8) is 0 Å². The molecule has 9 heteroatoms. The van der Waals surface area contributed by atoms with Crippen molar-refractivity contribution in [1.29, 1.82) is 10.5 Å². The summed E-state index contributed by atoms with van der Waals surface area (Å²) < 4.78 is 11.6. The Labute approximate surface area is 217 Å². The van der Waals surface area contributed by atoms with Gasteiger partial charge in [0, 0.05) is 20.0 Å². The summed E-state index contributed by atoms with van der Waals surface area (Å²) in [5, 5.41) is 18.3. The summed E-state index contributed by atoms with van der Waals surface area (Å²) in [4.78, 5) is 10.9. The van der Waals surface area contributed by atoms with E-state index in [4.69, 9.17) is 23.1 Å². The molecule has 0 saturated heterocycles. The van der Waals surface area contributed by atoms with Crippen LogP contribution in [-0.2, 0) is 5.60 Å². The van der Waals surface area contributed by atoms with Crippen molar-refractivity contribution in [2.75, 3.05) is 0 Å². The SMILES string of the molecule is [C-]#[N+]/C(C#N)=C\c1cc2sc3c(c2s1)OC1(CCCCC1)c1c-3sc2cc(/C=C(\C#N)[N+]#[C-])sc12. The topological polar surface area (TPSA) is 65.5 Å². The third-order valence-electron chi connectivity index (χ3n) is 6.37. The third-order valence-corrected chi connectivity index (χ3v) is 11.2. The molecule has 6 rings (SSSR count). The van der Waals surface area contributed by atoms with E-state index in [2.05, 4.69) is 21.8 Å². The van der Waals surface area contributed by atoms with Crippen molar-refractivity contribution >= 4 is 76.3 Å². The largest absolute Gasteiger partial charge is 0.479 e. The highest BCUT2D eigenvalue weighted by Crippen LogP contribution is 2.62. The summed E-state index contributed by atoms with van der Waals surface area (Å²) in [5.41, 5.74) is 1.09. The Balaban J connectivity index is 1.55. The molecule has 0 aromatic carbocycles. The van der Waals surface area contributed by atoms with Crippen molar-refractivity contribution in [3.8, 4) is 27.6 Å². The first-order valence-corrected chi connectivity index (χ1v) is 14.2. The van der Waals surface area contributed by atoms with Crippen LogP contribution in [0.2, 0.25) is 0 Å². The van der Waals surface area contributed by atoms with E-state index in [-0.39, 0.29) is 17.0 Å². The number of hydrogen-bond donors (Lipinski definition) is 0. The summed E-state index contributed by atoms with van der Waals surface area (Å²) in [6, 6.07) is 8.05. The second kappa shape index (κ2) is 8.35. The molecule has 5 nitrogen and oxygen atoms in total. The number of hydrogen-bond acceptors (Lipinski definition) is 7. The smallest absolute Gasteiger partial charge is 0.263 e. The summed E-state index contributed by atoms with van der Waals surface area (Å²) >= 11 is 6.71. The second-order valence-corrected chi connectivity index (χ2v) is 12.7. The molecule has 4 aromatic heterocycles. The van der Waals surface area contributed by atoms with Gasteiger partial charge in [0.15, 0.2) is 5.75 Å². The molecule has 0 amide bonds. The molecule has 0 atom stereocenters. The highest BCUT2D eigenvalue weighted by Gasteiger charge is 2.46. The minimum Gasteiger partial charge on any atom is -0.479 e. The Bertz CT molecular complexity index is 1730. The summed E-state index contributed by atoms with van der Waals surface area (Å²) in [7, 11) is 0. The van der Waals surface area contributed by atoms with Gasteiger partial charge in [-0.3, -0.25) is 0 Å². The molecule has 1 saturated carbocycles. The van der Waals surface area contributed by atoms with Gasteiger partial charge in [-0.2, -0.15) is 0 Å². The van der Waals surface area contributed by atoms with E-state index in [9.17, 15) is 5.26 Å². The lowest BCUT2D eigenvalue weighted by Gasteiger charge is -2.40. The molecule has 2 aliphatic rings. The van der Waals surface area contributed by atoms with Crippen molar-refractivity contribution in [2.45, 2.75) is 37.7 Å². The molecule has 1 aliphatic heterocycles. The molecule has 4 aromatic rings. The van der Waals surface area contributed by atoms with E-state index >= 15 is 0 Å². The fourth-order valence-electron chi connectivity index (χ4n) is 4.92. The van der Waals surface area contributed by atoms with Crippen LogP contribution in [0.3, 0.4) is 0 Å². The van der Waals surface area contributed by atoms with Crippen LogP contribution in [0.4, 0.5) is 0 Å². The van der Waals surface area contributed by atoms with Gasteiger partial charge in [-0.15, -0.1) is 45.3 Å². The molecule has 5 heterocycles. The fraction of sp³-hybridized carbons (Fsp3) is 0.231. The Hall–Kier alpha value is -3.44. The van der Waals surface area contributed by atoms with E-state index in [1.807, 2.05) is 12.1 Å². The zero-order valence-electron chi connectivity index (χ0n) is 18.2. The van der Waals surface area contributed by atoms with Crippen LogP contribution in [0, 0.1) is 35.8 Å². The van der Waals surface area contributed by atoms with E-state index in [0.717, 1.165) is 55.5 Å². The number of rotatable bonds is 2. The number of allylic oxidation sites excluding steroid dienone is 2. The lowest BCUT2D eigenvalue weighted by atomic mass is 9.78. The van der Waals surface area contributed by atoms with Crippen molar-refractivity contribution < 1.29 is 4.74 Å². The molecule has 1 aliphatic carbocycles. The molecule has 0 unspecified atom stereocenters. The van der Waals surface area contributed by atoms with E-state index in [1.165, 1.54) is 26.3 Å². The molecular formula is C26H14N4OS4. The molecule has 35 heavy (non-hydrogen) atoms. The second-order valence-electron chi connectivity index (χ2n) is 8.41. The number of thiophene rings is 4. The molecular weight excluding hydrogens is 513 g/mol. The van der Waals surface area contributed by atoms with Crippen LogP contribution in [0.5, 0.6) is 5.75 Å². The highest BCUT2D eigenvalue weighted by atomic mass is 32.1. The Morgan fingerprint density at radius 3 is 2.03 bits per heavy atom. The molecule has 1 fully saturated rings. The maximum Gasteiger partial charge on any atom is 0.263 e. The van der Waals surface area contributed by atoms with Crippen LogP contribution >= 0.6 is 45.3 Å². The zero-order valence-corrected chi connectivity index (χ0v) is 21.4. The standard InChI is InChI=1S/C26H14N4OS4/c1-29-14(12-27)8-16-10-18-22(32-16)20-24(34-18)25-21(31-26(20)6-4-3-5-7-26)23-19(35-25)11-17(33-23)9-15(13-28)30-2/h8-11H,3-7H2/b14-8+,15-9-. The van der Waals surface area contributed by atoms with Crippen LogP contribution in [0.25, 0.3) is 50.4 Å². The predicted molar refractivity (Wildman–Crippen MR) is 144 cm³/mol. The number of nitrogens with zero attached hydrogens (tertiary/aromatic N) is 4. The first kappa shape index (κ1) is 22.1. The summed E-state index contributed by atoms with van der Waals surface area (Å²) in [5.74, 6) is 0.944. The van der Waals surface area contributed by atoms with E-state index in [0.29, 0.717) is 0 Å². The van der Waals surface area contributed by atoms with Gasteiger partial charge in [-0.25, -0.2) is 20.2 Å². The molecule has 168 valence electrons. The Kier molecular flexibility index (Phi) is 5.26. The van der Waals surface area contributed by atoms with Crippen LogP contribution in [0.1, 0.15) is 47.4 Å².